The Labute approximate surface area is 134 Å². The summed E-state index contributed by atoms with van der Waals surface area (Å²) in [6.07, 6.45) is 1.47. The van der Waals surface area contributed by atoms with Crippen LogP contribution >= 0.6 is 23.2 Å². The number of hydrogen-bond donors (Lipinski definition) is 1. The molecule has 0 unspecified atom stereocenters. The van der Waals surface area contributed by atoms with E-state index in [0.29, 0.717) is 29.6 Å². The molecule has 4 nitrogen and oxygen atoms in total. The number of aryl methyl sites for hydroxylation is 2. The second-order valence-electron chi connectivity index (χ2n) is 4.73. The maximum Gasteiger partial charge on any atom is 0.131 e. The van der Waals surface area contributed by atoms with Crippen molar-refractivity contribution in [3.63, 3.8) is 0 Å². The molecule has 1 heterocycles. The minimum atomic E-state index is 0.347. The van der Waals surface area contributed by atoms with Gasteiger partial charge < -0.3 is 10.5 Å². The Hall–Kier alpha value is -1.23. The standard InChI is InChI=1S/C15H19Cl2N3O/c1-3-12-15(17)13(20(2)19-12)9-21-14-6-4-5-11(16)10(14)7-8-18/h4-6H,3,7-9,18H2,1-2H3. The molecule has 2 N–H and O–H groups in total. The molecular weight excluding hydrogens is 309 g/mol. The number of nitrogens with zero attached hydrogens (tertiary/aromatic N) is 2. The molecule has 0 fully saturated rings. The van der Waals surface area contributed by atoms with Crippen LogP contribution in [0.4, 0.5) is 0 Å². The Morgan fingerprint density at radius 2 is 2.10 bits per heavy atom. The van der Waals surface area contributed by atoms with Crippen molar-refractivity contribution in [2.45, 2.75) is 26.4 Å². The summed E-state index contributed by atoms with van der Waals surface area (Å²) in [7, 11) is 1.86. The van der Waals surface area contributed by atoms with Gasteiger partial charge >= 0.3 is 0 Å². The average Bonchev–Trinajstić information content (AvgIpc) is 2.74. The molecule has 0 saturated carbocycles. The van der Waals surface area contributed by atoms with Crippen molar-refractivity contribution in [3.8, 4) is 5.75 Å². The van der Waals surface area contributed by atoms with Gasteiger partial charge in [0.15, 0.2) is 0 Å². The average molecular weight is 328 g/mol. The van der Waals surface area contributed by atoms with Gasteiger partial charge in [0.1, 0.15) is 12.4 Å². The van der Waals surface area contributed by atoms with Gasteiger partial charge in [-0.25, -0.2) is 0 Å². The second kappa shape index (κ2) is 7.16. The lowest BCUT2D eigenvalue weighted by molar-refractivity contribution is 0.292. The van der Waals surface area contributed by atoms with E-state index in [-0.39, 0.29) is 0 Å². The molecule has 0 amide bonds. The first-order valence-corrected chi connectivity index (χ1v) is 7.64. The first kappa shape index (κ1) is 16.1. The molecule has 114 valence electrons. The molecule has 2 rings (SSSR count). The van der Waals surface area contributed by atoms with Gasteiger partial charge in [-0.3, -0.25) is 4.68 Å². The molecule has 0 aliphatic carbocycles. The van der Waals surface area contributed by atoms with E-state index in [1.807, 2.05) is 32.2 Å². The monoisotopic (exact) mass is 327 g/mol. The maximum absolute atomic E-state index is 6.32. The predicted molar refractivity (Wildman–Crippen MR) is 86.1 cm³/mol. The normalized spacial score (nSPS) is 10.9. The molecule has 0 bridgehead atoms. The molecule has 0 saturated heterocycles. The molecule has 1 aromatic carbocycles. The van der Waals surface area contributed by atoms with Crippen LogP contribution in [0.25, 0.3) is 0 Å². The summed E-state index contributed by atoms with van der Waals surface area (Å²) in [6.45, 7) is 2.89. The number of halogens is 2. The lowest BCUT2D eigenvalue weighted by Crippen LogP contribution is -2.08. The first-order valence-electron chi connectivity index (χ1n) is 6.89. The van der Waals surface area contributed by atoms with Gasteiger partial charge in [-0.2, -0.15) is 5.10 Å². The van der Waals surface area contributed by atoms with E-state index in [4.69, 9.17) is 33.7 Å². The van der Waals surface area contributed by atoms with Crippen LogP contribution in [0.2, 0.25) is 10.0 Å². The first-order chi connectivity index (χ1) is 10.1. The van der Waals surface area contributed by atoms with Crippen LogP contribution in [0.5, 0.6) is 5.75 Å². The van der Waals surface area contributed by atoms with E-state index >= 15 is 0 Å². The summed E-state index contributed by atoms with van der Waals surface area (Å²) in [4.78, 5) is 0. The Bertz CT molecular complexity index is 626. The molecule has 0 radical (unpaired) electrons. The Balaban J connectivity index is 2.21. The minimum absolute atomic E-state index is 0.347. The van der Waals surface area contributed by atoms with Crippen LogP contribution in [-0.4, -0.2) is 16.3 Å². The van der Waals surface area contributed by atoms with Crippen LogP contribution in [0.1, 0.15) is 23.9 Å². The van der Waals surface area contributed by atoms with Crippen LogP contribution in [0.3, 0.4) is 0 Å². The SMILES string of the molecule is CCc1nn(C)c(COc2cccc(Cl)c2CCN)c1Cl. The highest BCUT2D eigenvalue weighted by molar-refractivity contribution is 6.32. The molecule has 6 heteroatoms. The minimum Gasteiger partial charge on any atom is -0.487 e. The van der Waals surface area contributed by atoms with E-state index in [1.165, 1.54) is 0 Å². The number of ether oxygens (including phenoxy) is 1. The smallest absolute Gasteiger partial charge is 0.131 e. The third kappa shape index (κ3) is 3.51. The molecule has 1 aromatic heterocycles. The predicted octanol–water partition coefficient (Wildman–Crippen LogP) is 3.37. The second-order valence-corrected chi connectivity index (χ2v) is 5.51. The third-order valence-electron chi connectivity index (χ3n) is 3.34. The van der Waals surface area contributed by atoms with Gasteiger partial charge in [-0.1, -0.05) is 36.2 Å². The van der Waals surface area contributed by atoms with Crippen LogP contribution in [0, 0.1) is 0 Å². The zero-order chi connectivity index (χ0) is 15.4. The van der Waals surface area contributed by atoms with Gasteiger partial charge in [0.25, 0.3) is 0 Å². The van der Waals surface area contributed by atoms with Crippen molar-refractivity contribution in [3.05, 3.63) is 45.2 Å². The number of hydrogen-bond acceptors (Lipinski definition) is 3. The lowest BCUT2D eigenvalue weighted by atomic mass is 10.1. The zero-order valence-corrected chi connectivity index (χ0v) is 13.7. The summed E-state index contributed by atoms with van der Waals surface area (Å²) in [6, 6.07) is 5.59. The van der Waals surface area contributed by atoms with E-state index in [9.17, 15) is 0 Å². The quantitative estimate of drug-likeness (QED) is 0.884. The summed E-state index contributed by atoms with van der Waals surface area (Å²) < 4.78 is 7.65. The topological polar surface area (TPSA) is 53.1 Å². The largest absolute Gasteiger partial charge is 0.487 e. The van der Waals surface area contributed by atoms with Crippen molar-refractivity contribution in [2.24, 2.45) is 12.8 Å². The van der Waals surface area contributed by atoms with Gasteiger partial charge in [-0.05, 0) is 31.5 Å². The van der Waals surface area contributed by atoms with Gasteiger partial charge in [0.05, 0.1) is 16.4 Å². The number of benzene rings is 1. The highest BCUT2D eigenvalue weighted by atomic mass is 35.5. The van der Waals surface area contributed by atoms with Crippen molar-refractivity contribution in [2.75, 3.05) is 6.54 Å². The van der Waals surface area contributed by atoms with E-state index < -0.39 is 0 Å². The van der Waals surface area contributed by atoms with Crippen LogP contribution < -0.4 is 10.5 Å². The molecule has 0 aliphatic heterocycles. The van der Waals surface area contributed by atoms with Crippen molar-refractivity contribution >= 4 is 23.2 Å². The molecule has 0 atom stereocenters. The van der Waals surface area contributed by atoms with E-state index in [0.717, 1.165) is 29.1 Å². The molecule has 0 aliphatic rings. The van der Waals surface area contributed by atoms with Crippen LogP contribution in [-0.2, 0) is 26.5 Å². The van der Waals surface area contributed by atoms with Crippen molar-refractivity contribution in [1.82, 2.24) is 9.78 Å². The van der Waals surface area contributed by atoms with Crippen molar-refractivity contribution in [1.29, 1.82) is 0 Å². The summed E-state index contributed by atoms with van der Waals surface area (Å²) in [5.74, 6) is 0.739. The van der Waals surface area contributed by atoms with Gasteiger partial charge in [0, 0.05) is 17.6 Å². The Kier molecular flexibility index (Phi) is 5.51. The highest BCUT2D eigenvalue weighted by Gasteiger charge is 2.15. The van der Waals surface area contributed by atoms with Crippen LogP contribution in [0.15, 0.2) is 18.2 Å². The molecular formula is C15H19Cl2N3O. The molecule has 2 aromatic rings. The van der Waals surface area contributed by atoms with E-state index in [1.54, 1.807) is 4.68 Å². The number of nitrogens with two attached hydrogens (primary N) is 1. The maximum atomic E-state index is 6.32. The summed E-state index contributed by atoms with van der Waals surface area (Å²) in [5.41, 5.74) is 8.29. The highest BCUT2D eigenvalue weighted by Crippen LogP contribution is 2.28. The Morgan fingerprint density at radius 1 is 1.33 bits per heavy atom. The van der Waals surface area contributed by atoms with Gasteiger partial charge in [-0.15, -0.1) is 0 Å². The molecule has 0 spiro atoms. The van der Waals surface area contributed by atoms with Crippen molar-refractivity contribution < 1.29 is 4.74 Å². The molecule has 21 heavy (non-hydrogen) atoms. The summed E-state index contributed by atoms with van der Waals surface area (Å²) in [5, 5.41) is 5.71. The lowest BCUT2D eigenvalue weighted by Gasteiger charge is -2.12. The zero-order valence-electron chi connectivity index (χ0n) is 12.2. The fourth-order valence-corrected chi connectivity index (χ4v) is 2.79. The number of aromatic nitrogens is 2. The fourth-order valence-electron chi connectivity index (χ4n) is 2.18. The number of rotatable bonds is 6. The summed E-state index contributed by atoms with van der Waals surface area (Å²) >= 11 is 12.5. The van der Waals surface area contributed by atoms with E-state index in [2.05, 4.69) is 5.10 Å². The Morgan fingerprint density at radius 3 is 2.71 bits per heavy atom. The fraction of sp³-hybridized carbons (Fsp3) is 0.400. The third-order valence-corrected chi connectivity index (χ3v) is 4.13. The van der Waals surface area contributed by atoms with Gasteiger partial charge in [0.2, 0.25) is 0 Å².